The highest BCUT2D eigenvalue weighted by atomic mass is 19.1. The largest absolute Gasteiger partial charge is 0.457 e. The number of hydrogen-bond donors (Lipinski definition) is 4. The SMILES string of the molecule is Cc1cc(N)nc(C)c1CNC(=O)c1ccc2c(c1)C1OC2c2cc(Oc3cccc(F)c3)ccc21.Cc1cc(N)nc(C)c1CNC(=O)c1ccc2c(c1)C1OC2c2ccc(Oc3cccc(F)c3)cc21. The Morgan fingerprint density at radius 3 is 1.25 bits per heavy atom. The Morgan fingerprint density at radius 1 is 0.486 bits per heavy atom. The maximum Gasteiger partial charge on any atom is 0.251 e. The lowest BCUT2D eigenvalue weighted by Gasteiger charge is -2.18. The number of carbonyl (C=O) groups excluding carboxylic acids is 2. The molecule has 8 aromatic rings. The number of carbonyl (C=O) groups is 2. The molecule has 4 bridgehead atoms. The number of aryl methyl sites for hydroxylation is 4. The Bertz CT molecular complexity index is 3480. The molecule has 360 valence electrons. The van der Waals surface area contributed by atoms with Gasteiger partial charge in [0.25, 0.3) is 11.8 Å². The summed E-state index contributed by atoms with van der Waals surface area (Å²) >= 11 is 0. The van der Waals surface area contributed by atoms with E-state index in [1.54, 1.807) is 24.3 Å². The molecule has 2 amide bonds. The van der Waals surface area contributed by atoms with Gasteiger partial charge >= 0.3 is 0 Å². The van der Waals surface area contributed by atoms with E-state index in [0.717, 1.165) is 78.1 Å². The van der Waals surface area contributed by atoms with Crippen molar-refractivity contribution < 1.29 is 37.3 Å². The number of hydrogen-bond acceptors (Lipinski definition) is 10. The molecule has 0 spiro atoms. The highest BCUT2D eigenvalue weighted by Gasteiger charge is 2.44. The zero-order chi connectivity index (χ0) is 49.9. The van der Waals surface area contributed by atoms with E-state index in [2.05, 4.69) is 20.6 Å². The van der Waals surface area contributed by atoms with Crippen molar-refractivity contribution in [3.8, 4) is 23.0 Å². The highest BCUT2D eigenvalue weighted by molar-refractivity contribution is 5.95. The maximum absolute atomic E-state index is 13.5. The first-order valence-electron chi connectivity index (χ1n) is 23.5. The molecule has 2 aromatic heterocycles. The summed E-state index contributed by atoms with van der Waals surface area (Å²) < 4.78 is 51.3. The van der Waals surface area contributed by atoms with Gasteiger partial charge in [0.2, 0.25) is 0 Å². The van der Waals surface area contributed by atoms with Gasteiger partial charge in [-0.1, -0.05) is 36.4 Å². The zero-order valence-electron chi connectivity index (χ0n) is 39.7. The number of amides is 2. The molecular formula is C58H48F2N6O6. The predicted molar refractivity (Wildman–Crippen MR) is 267 cm³/mol. The second-order valence-electron chi connectivity index (χ2n) is 18.4. The first-order chi connectivity index (χ1) is 34.7. The number of anilines is 2. The number of nitrogen functional groups attached to an aromatic ring is 2. The molecule has 6 N–H and O–H groups in total. The number of nitrogens with one attached hydrogen (secondary N) is 2. The third-order valence-corrected chi connectivity index (χ3v) is 13.7. The molecule has 0 aliphatic carbocycles. The summed E-state index contributed by atoms with van der Waals surface area (Å²) in [5.74, 6) is 2.02. The molecule has 4 aliphatic heterocycles. The second-order valence-corrected chi connectivity index (χ2v) is 18.4. The number of rotatable bonds is 10. The maximum atomic E-state index is 13.5. The minimum absolute atomic E-state index is 0.157. The lowest BCUT2D eigenvalue weighted by Crippen LogP contribution is -2.24. The van der Waals surface area contributed by atoms with Gasteiger partial charge in [0.1, 0.15) is 70.7 Å². The fourth-order valence-corrected chi connectivity index (χ4v) is 10.2. The van der Waals surface area contributed by atoms with Crippen molar-refractivity contribution in [3.05, 3.63) is 234 Å². The lowest BCUT2D eigenvalue weighted by atomic mass is 9.85. The summed E-state index contributed by atoms with van der Waals surface area (Å²) in [6, 6.07) is 38.7. The Balaban J connectivity index is 0.000000156. The van der Waals surface area contributed by atoms with Crippen LogP contribution in [0.5, 0.6) is 23.0 Å². The van der Waals surface area contributed by atoms with E-state index in [1.165, 1.54) is 24.3 Å². The molecule has 4 aliphatic rings. The summed E-state index contributed by atoms with van der Waals surface area (Å²) in [5.41, 5.74) is 26.5. The average Bonchev–Trinajstić information content (AvgIpc) is 4.12. The number of halogens is 2. The first-order valence-corrected chi connectivity index (χ1v) is 23.5. The molecule has 0 saturated carbocycles. The predicted octanol–water partition coefficient (Wildman–Crippen LogP) is 11.3. The van der Waals surface area contributed by atoms with Gasteiger partial charge in [-0.2, -0.15) is 0 Å². The summed E-state index contributed by atoms with van der Waals surface area (Å²) in [4.78, 5) is 34.6. The van der Waals surface area contributed by atoms with E-state index in [1.807, 2.05) is 113 Å². The van der Waals surface area contributed by atoms with Gasteiger partial charge in [-0.15, -0.1) is 0 Å². The van der Waals surface area contributed by atoms with Crippen molar-refractivity contribution in [1.29, 1.82) is 0 Å². The summed E-state index contributed by atoms with van der Waals surface area (Å²) in [7, 11) is 0. The van der Waals surface area contributed by atoms with Crippen molar-refractivity contribution >= 4 is 23.5 Å². The Hall–Kier alpha value is -8.46. The number of ether oxygens (including phenoxy) is 4. The Morgan fingerprint density at radius 2 is 0.847 bits per heavy atom. The number of nitrogens with two attached hydrogens (primary N) is 2. The summed E-state index contributed by atoms with van der Waals surface area (Å²) in [6.45, 7) is 8.44. The number of pyridine rings is 2. The molecule has 12 rings (SSSR count). The molecular weight excluding hydrogens is 915 g/mol. The zero-order valence-corrected chi connectivity index (χ0v) is 39.7. The van der Waals surface area contributed by atoms with Crippen LogP contribution < -0.4 is 31.6 Å². The van der Waals surface area contributed by atoms with Crippen LogP contribution in [-0.4, -0.2) is 21.8 Å². The number of aromatic nitrogens is 2. The normalized spacial score (nSPS) is 17.0. The van der Waals surface area contributed by atoms with Crippen LogP contribution in [0.1, 0.15) is 123 Å². The van der Waals surface area contributed by atoms with Gasteiger partial charge in [-0.25, -0.2) is 18.7 Å². The van der Waals surface area contributed by atoms with E-state index in [0.29, 0.717) is 58.9 Å². The summed E-state index contributed by atoms with van der Waals surface area (Å²) in [6.07, 6.45) is -0.915. The van der Waals surface area contributed by atoms with E-state index in [-0.39, 0.29) is 47.9 Å². The molecule has 4 unspecified atom stereocenters. The fraction of sp³-hybridized carbons (Fsp3) is 0.172. The van der Waals surface area contributed by atoms with Crippen LogP contribution in [-0.2, 0) is 22.6 Å². The van der Waals surface area contributed by atoms with E-state index in [4.69, 9.17) is 30.4 Å². The number of fused-ring (bicyclic) bond motifs is 16. The molecule has 6 aromatic carbocycles. The van der Waals surface area contributed by atoms with Crippen molar-refractivity contribution in [2.75, 3.05) is 11.5 Å². The molecule has 0 radical (unpaired) electrons. The molecule has 12 nitrogen and oxygen atoms in total. The van der Waals surface area contributed by atoms with Gasteiger partial charge < -0.3 is 41.0 Å². The van der Waals surface area contributed by atoms with Crippen molar-refractivity contribution in [1.82, 2.24) is 20.6 Å². The first kappa shape index (κ1) is 46.0. The van der Waals surface area contributed by atoms with Crippen LogP contribution in [0, 0.1) is 39.3 Å². The molecule has 72 heavy (non-hydrogen) atoms. The van der Waals surface area contributed by atoms with Crippen LogP contribution >= 0.6 is 0 Å². The molecule has 6 heterocycles. The Labute approximate surface area is 414 Å². The van der Waals surface area contributed by atoms with E-state index in [9.17, 15) is 18.4 Å². The van der Waals surface area contributed by atoms with Crippen molar-refractivity contribution in [2.24, 2.45) is 0 Å². The van der Waals surface area contributed by atoms with Gasteiger partial charge in [0, 0.05) is 47.7 Å². The molecule has 0 fully saturated rings. The smallest absolute Gasteiger partial charge is 0.251 e. The highest BCUT2D eigenvalue weighted by Crippen LogP contribution is 2.56. The monoisotopic (exact) mass is 962 g/mol. The standard InChI is InChI=1S/2C29H24FN3O3/c1-15-10-26(31)33-16(2)25(15)14-32-29(34)17-6-8-21-23(11-17)27-22-9-7-20(13-24(22)28(21)36-27)35-19-5-3-4-18(30)12-19;1-15-10-26(31)33-16(2)25(15)14-32-29(34)17-6-8-21-23(11-17)28-24-13-20(7-9-22(24)27(21)36-28)35-19-5-3-4-18(30)12-19/h2*3-13,27-28H,14H2,1-2H3,(H2,31,33)(H,32,34). The quantitative estimate of drug-likeness (QED) is 0.103. The summed E-state index contributed by atoms with van der Waals surface area (Å²) in [5, 5.41) is 6.00. The topological polar surface area (TPSA) is 173 Å². The minimum atomic E-state index is -0.353. The van der Waals surface area contributed by atoms with Gasteiger partial charge in [0.05, 0.1) is 0 Å². The lowest BCUT2D eigenvalue weighted by molar-refractivity contribution is 0.0855. The third-order valence-electron chi connectivity index (χ3n) is 13.7. The second kappa shape index (κ2) is 18.4. The van der Waals surface area contributed by atoms with Crippen molar-refractivity contribution in [3.63, 3.8) is 0 Å². The average molecular weight is 963 g/mol. The number of benzene rings is 6. The number of nitrogens with zero attached hydrogens (tertiary/aromatic N) is 2. The minimum Gasteiger partial charge on any atom is -0.457 e. The van der Waals surface area contributed by atoms with Crippen molar-refractivity contribution in [2.45, 2.75) is 65.2 Å². The van der Waals surface area contributed by atoms with Crippen LogP contribution in [0.3, 0.4) is 0 Å². The van der Waals surface area contributed by atoms with Crippen LogP contribution in [0.4, 0.5) is 20.4 Å². The fourth-order valence-electron chi connectivity index (χ4n) is 10.2. The van der Waals surface area contributed by atoms with Gasteiger partial charge in [0.15, 0.2) is 0 Å². The van der Waals surface area contributed by atoms with Crippen LogP contribution in [0.25, 0.3) is 0 Å². The van der Waals surface area contributed by atoms with Gasteiger partial charge in [-0.3, -0.25) is 9.59 Å². The Kier molecular flexibility index (Phi) is 11.7. The molecule has 14 heteroatoms. The van der Waals surface area contributed by atoms with Crippen LogP contribution in [0.15, 0.2) is 133 Å². The molecule has 0 saturated heterocycles. The van der Waals surface area contributed by atoms with E-state index < -0.39 is 0 Å². The van der Waals surface area contributed by atoms with Gasteiger partial charge in [-0.05, 0) is 179 Å². The van der Waals surface area contributed by atoms with Crippen LogP contribution in [0.2, 0.25) is 0 Å². The molecule has 4 atom stereocenters. The van der Waals surface area contributed by atoms with E-state index >= 15 is 0 Å². The third kappa shape index (κ3) is 8.64.